The van der Waals surface area contributed by atoms with Gasteiger partial charge >= 0.3 is 0 Å². The zero-order valence-corrected chi connectivity index (χ0v) is 8.26. The molecular weight excluding hydrogens is 187 g/mol. The highest BCUT2D eigenvalue weighted by atomic mass is 32.1. The Morgan fingerprint density at radius 1 is 1.69 bits per heavy atom. The molecule has 0 radical (unpaired) electrons. The second-order valence-corrected chi connectivity index (χ2v) is 4.12. The van der Waals surface area contributed by atoms with Gasteiger partial charge in [-0.05, 0) is 19.4 Å². The molecule has 2 heterocycles. The van der Waals surface area contributed by atoms with Crippen molar-refractivity contribution < 1.29 is 4.39 Å². The summed E-state index contributed by atoms with van der Waals surface area (Å²) in [6.45, 7) is 1.62. The third-order valence-corrected chi connectivity index (χ3v) is 3.16. The lowest BCUT2D eigenvalue weighted by atomic mass is 10.2. The van der Waals surface area contributed by atoms with Crippen molar-refractivity contribution in [3.05, 3.63) is 16.6 Å². The molecule has 4 heteroatoms. The fourth-order valence-corrected chi connectivity index (χ4v) is 2.35. The fourth-order valence-electron chi connectivity index (χ4n) is 1.80. The summed E-state index contributed by atoms with van der Waals surface area (Å²) in [6, 6.07) is 0.140. The molecule has 0 bridgehead atoms. The summed E-state index contributed by atoms with van der Waals surface area (Å²) >= 11 is 1.60. The molecule has 0 saturated carbocycles. The molecule has 0 aliphatic carbocycles. The topological polar surface area (TPSA) is 16.1 Å². The van der Waals surface area contributed by atoms with Crippen molar-refractivity contribution in [3.8, 4) is 0 Å². The third-order valence-electron chi connectivity index (χ3n) is 2.53. The van der Waals surface area contributed by atoms with Crippen LogP contribution in [0.2, 0.25) is 0 Å². The summed E-state index contributed by atoms with van der Waals surface area (Å²) in [5.74, 6) is 0. The van der Waals surface area contributed by atoms with Crippen LogP contribution in [-0.2, 0) is 6.54 Å². The van der Waals surface area contributed by atoms with Crippen molar-refractivity contribution in [2.45, 2.75) is 25.4 Å². The standard InChI is InChI=1S/C9H13FN2S/c10-4-9-2-1-3-12(9)5-8-6-13-7-11-8/h6-7,9H,1-5H2/t9-/m1/s1. The van der Waals surface area contributed by atoms with Crippen molar-refractivity contribution in [2.75, 3.05) is 13.2 Å². The number of likely N-dealkylation sites (tertiary alicyclic amines) is 1. The molecule has 72 valence electrons. The molecular formula is C9H13FN2S. The van der Waals surface area contributed by atoms with Crippen LogP contribution in [-0.4, -0.2) is 29.1 Å². The molecule has 0 spiro atoms. The van der Waals surface area contributed by atoms with Crippen LogP contribution >= 0.6 is 11.3 Å². The van der Waals surface area contributed by atoms with Gasteiger partial charge in [-0.1, -0.05) is 0 Å². The lowest BCUT2D eigenvalue weighted by Crippen LogP contribution is -2.30. The van der Waals surface area contributed by atoms with E-state index in [0.717, 1.165) is 31.6 Å². The van der Waals surface area contributed by atoms with E-state index in [1.54, 1.807) is 11.3 Å². The van der Waals surface area contributed by atoms with Crippen molar-refractivity contribution in [2.24, 2.45) is 0 Å². The lowest BCUT2D eigenvalue weighted by molar-refractivity contribution is 0.205. The van der Waals surface area contributed by atoms with Crippen molar-refractivity contribution in [3.63, 3.8) is 0 Å². The first-order chi connectivity index (χ1) is 6.40. The molecule has 13 heavy (non-hydrogen) atoms. The van der Waals surface area contributed by atoms with Gasteiger partial charge in [0.2, 0.25) is 0 Å². The Morgan fingerprint density at radius 2 is 2.62 bits per heavy atom. The number of thiazole rings is 1. The molecule has 1 aromatic rings. The van der Waals surface area contributed by atoms with Crippen LogP contribution in [0.25, 0.3) is 0 Å². The average Bonchev–Trinajstić information content (AvgIpc) is 2.76. The summed E-state index contributed by atoms with van der Waals surface area (Å²) in [5.41, 5.74) is 2.90. The van der Waals surface area contributed by atoms with Gasteiger partial charge in [0.05, 0.1) is 11.2 Å². The Balaban J connectivity index is 1.94. The van der Waals surface area contributed by atoms with E-state index in [1.165, 1.54) is 0 Å². The van der Waals surface area contributed by atoms with Crippen molar-refractivity contribution >= 4 is 11.3 Å². The first-order valence-corrected chi connectivity index (χ1v) is 5.51. The Labute approximate surface area is 81.4 Å². The van der Waals surface area contributed by atoms with Crippen LogP contribution in [0.3, 0.4) is 0 Å². The second-order valence-electron chi connectivity index (χ2n) is 3.40. The minimum Gasteiger partial charge on any atom is -0.292 e. The highest BCUT2D eigenvalue weighted by molar-refractivity contribution is 7.07. The van der Waals surface area contributed by atoms with E-state index in [9.17, 15) is 4.39 Å². The minimum atomic E-state index is -0.218. The Kier molecular flexibility index (Phi) is 2.90. The zero-order valence-electron chi connectivity index (χ0n) is 7.45. The van der Waals surface area contributed by atoms with Gasteiger partial charge in [0.25, 0.3) is 0 Å². The van der Waals surface area contributed by atoms with Crippen LogP contribution in [0, 0.1) is 0 Å². The normalized spacial score (nSPS) is 23.9. The SMILES string of the molecule is FC[C@H]1CCCN1Cc1cscn1. The molecule has 1 aliphatic rings. The number of halogens is 1. The summed E-state index contributed by atoms with van der Waals surface area (Å²) in [4.78, 5) is 6.39. The maximum atomic E-state index is 12.5. The van der Waals surface area contributed by atoms with Gasteiger partial charge in [0.15, 0.2) is 0 Å². The molecule has 1 fully saturated rings. The molecule has 0 aromatic carbocycles. The lowest BCUT2D eigenvalue weighted by Gasteiger charge is -2.20. The van der Waals surface area contributed by atoms with Crippen molar-refractivity contribution in [1.29, 1.82) is 0 Å². The van der Waals surface area contributed by atoms with Gasteiger partial charge in [-0.15, -0.1) is 11.3 Å². The summed E-state index contributed by atoms with van der Waals surface area (Å²) in [6.07, 6.45) is 2.12. The fraction of sp³-hybridized carbons (Fsp3) is 0.667. The smallest absolute Gasteiger partial charge is 0.105 e. The molecule has 1 aromatic heterocycles. The van der Waals surface area contributed by atoms with Gasteiger partial charge < -0.3 is 0 Å². The van der Waals surface area contributed by atoms with E-state index >= 15 is 0 Å². The largest absolute Gasteiger partial charge is 0.292 e. The van der Waals surface area contributed by atoms with Crippen LogP contribution in [0.5, 0.6) is 0 Å². The average molecular weight is 200 g/mol. The van der Waals surface area contributed by atoms with Crippen LogP contribution in [0.15, 0.2) is 10.9 Å². The summed E-state index contributed by atoms with van der Waals surface area (Å²) < 4.78 is 12.5. The monoisotopic (exact) mass is 200 g/mol. The van der Waals surface area contributed by atoms with Gasteiger partial charge in [-0.3, -0.25) is 4.90 Å². The number of alkyl halides is 1. The van der Waals surface area contributed by atoms with Crippen LogP contribution in [0.1, 0.15) is 18.5 Å². The number of aromatic nitrogens is 1. The Hall–Kier alpha value is -0.480. The number of rotatable bonds is 3. The van der Waals surface area contributed by atoms with Gasteiger partial charge in [0.1, 0.15) is 6.67 Å². The molecule has 0 N–H and O–H groups in total. The summed E-state index contributed by atoms with van der Waals surface area (Å²) in [7, 11) is 0. The molecule has 2 nitrogen and oxygen atoms in total. The maximum absolute atomic E-state index is 12.5. The predicted molar refractivity (Wildman–Crippen MR) is 51.5 cm³/mol. The van der Waals surface area contributed by atoms with E-state index in [0.29, 0.717) is 0 Å². The van der Waals surface area contributed by atoms with Crippen molar-refractivity contribution in [1.82, 2.24) is 9.88 Å². The van der Waals surface area contributed by atoms with E-state index in [-0.39, 0.29) is 12.7 Å². The van der Waals surface area contributed by atoms with E-state index in [4.69, 9.17) is 0 Å². The quantitative estimate of drug-likeness (QED) is 0.742. The molecule has 1 atom stereocenters. The third kappa shape index (κ3) is 2.06. The molecule has 0 amide bonds. The van der Waals surface area contributed by atoms with Gasteiger partial charge in [-0.2, -0.15) is 0 Å². The van der Waals surface area contributed by atoms with E-state index < -0.39 is 0 Å². The van der Waals surface area contributed by atoms with E-state index in [1.807, 2.05) is 10.9 Å². The number of nitrogens with zero attached hydrogens (tertiary/aromatic N) is 2. The van der Waals surface area contributed by atoms with E-state index in [2.05, 4.69) is 9.88 Å². The van der Waals surface area contributed by atoms with Crippen LogP contribution < -0.4 is 0 Å². The van der Waals surface area contributed by atoms with Crippen LogP contribution in [0.4, 0.5) is 4.39 Å². The highest BCUT2D eigenvalue weighted by Crippen LogP contribution is 2.20. The Morgan fingerprint density at radius 3 is 3.31 bits per heavy atom. The first-order valence-electron chi connectivity index (χ1n) is 4.57. The predicted octanol–water partition coefficient (Wildman–Crippen LogP) is 2.08. The minimum absolute atomic E-state index is 0.140. The van der Waals surface area contributed by atoms with Gasteiger partial charge in [0, 0.05) is 18.0 Å². The maximum Gasteiger partial charge on any atom is 0.105 e. The molecule has 1 saturated heterocycles. The Bertz CT molecular complexity index is 250. The molecule has 0 unspecified atom stereocenters. The van der Waals surface area contributed by atoms with Gasteiger partial charge in [-0.25, -0.2) is 9.37 Å². The zero-order chi connectivity index (χ0) is 9.10. The number of hydrogen-bond donors (Lipinski definition) is 0. The first kappa shape index (κ1) is 9.09. The molecule has 2 rings (SSSR count). The second kappa shape index (κ2) is 4.15. The highest BCUT2D eigenvalue weighted by Gasteiger charge is 2.24. The number of hydrogen-bond acceptors (Lipinski definition) is 3. The summed E-state index contributed by atoms with van der Waals surface area (Å²) in [5, 5.41) is 2.04. The molecule has 1 aliphatic heterocycles.